The van der Waals surface area contributed by atoms with Gasteiger partial charge < -0.3 is 10.1 Å². The lowest BCUT2D eigenvalue weighted by molar-refractivity contribution is -0.122. The second-order valence-corrected chi connectivity index (χ2v) is 8.23. The molecular formula is C16H22F2N2O4S. The van der Waals surface area contributed by atoms with E-state index in [-0.39, 0.29) is 35.7 Å². The number of sulfone groups is 1. The molecule has 25 heavy (non-hydrogen) atoms. The number of likely N-dealkylation sites (N-methyl/N-ethyl adjacent to an activating group) is 1. The molecule has 1 aliphatic heterocycles. The summed E-state index contributed by atoms with van der Waals surface area (Å²) in [7, 11) is -3.04. The first-order valence-corrected chi connectivity index (χ1v) is 9.85. The summed E-state index contributed by atoms with van der Waals surface area (Å²) in [4.78, 5) is 13.9. The molecule has 1 aliphatic rings. The van der Waals surface area contributed by atoms with Gasteiger partial charge in [0.1, 0.15) is 5.75 Å². The second-order valence-electron chi connectivity index (χ2n) is 6.00. The molecule has 1 fully saturated rings. The molecule has 0 spiro atoms. The molecule has 0 aliphatic carbocycles. The molecule has 2 rings (SSSR count). The number of ether oxygens (including phenoxy) is 1. The fourth-order valence-corrected chi connectivity index (χ4v) is 4.42. The quantitative estimate of drug-likeness (QED) is 0.743. The third-order valence-corrected chi connectivity index (χ3v) is 5.71. The summed E-state index contributed by atoms with van der Waals surface area (Å²) < 4.78 is 51.8. The highest BCUT2D eigenvalue weighted by Crippen LogP contribution is 2.17. The first kappa shape index (κ1) is 19.6. The maximum Gasteiger partial charge on any atom is 0.387 e. The minimum absolute atomic E-state index is 0.0160. The number of nitrogens with zero attached hydrogens (tertiary/aromatic N) is 1. The Kier molecular flexibility index (Phi) is 6.71. The summed E-state index contributed by atoms with van der Waals surface area (Å²) >= 11 is 0. The van der Waals surface area contributed by atoms with E-state index in [0.717, 1.165) is 5.56 Å². The molecule has 6 nitrogen and oxygen atoms in total. The molecule has 9 heteroatoms. The lowest BCUT2D eigenvalue weighted by Gasteiger charge is -2.21. The minimum atomic E-state index is -3.04. The predicted octanol–water partition coefficient (Wildman–Crippen LogP) is 1.41. The van der Waals surface area contributed by atoms with E-state index in [1.54, 1.807) is 12.1 Å². The Hall–Kier alpha value is -1.74. The number of hydrogen-bond acceptors (Lipinski definition) is 5. The van der Waals surface area contributed by atoms with Crippen molar-refractivity contribution in [3.63, 3.8) is 0 Å². The summed E-state index contributed by atoms with van der Waals surface area (Å²) in [6, 6.07) is 6.00. The van der Waals surface area contributed by atoms with E-state index >= 15 is 0 Å². The lowest BCUT2D eigenvalue weighted by atomic mass is 10.2. The van der Waals surface area contributed by atoms with Crippen molar-refractivity contribution in [2.24, 2.45) is 0 Å². The van der Waals surface area contributed by atoms with Gasteiger partial charge in [0.15, 0.2) is 9.84 Å². The molecular weight excluding hydrogens is 354 g/mol. The van der Waals surface area contributed by atoms with Crippen LogP contribution >= 0.6 is 0 Å². The standard InChI is InChI=1S/C16H22F2N2O4S/c1-2-20(9-12-4-3-5-14(8-12)24-16(17)18)10-15(21)19-13-6-7-25(22,23)11-13/h3-5,8,13,16H,2,6-7,9-11H2,1H3,(H,19,21). The van der Waals surface area contributed by atoms with Crippen LogP contribution in [0.4, 0.5) is 8.78 Å². The first-order chi connectivity index (χ1) is 11.8. The lowest BCUT2D eigenvalue weighted by Crippen LogP contribution is -2.42. The topological polar surface area (TPSA) is 75.7 Å². The van der Waals surface area contributed by atoms with E-state index in [2.05, 4.69) is 10.1 Å². The smallest absolute Gasteiger partial charge is 0.387 e. The predicted molar refractivity (Wildman–Crippen MR) is 89.2 cm³/mol. The molecule has 1 heterocycles. The van der Waals surface area contributed by atoms with Crippen molar-refractivity contribution in [3.8, 4) is 5.75 Å². The van der Waals surface area contributed by atoms with Crippen LogP contribution in [0.15, 0.2) is 24.3 Å². The molecule has 0 aromatic heterocycles. The number of alkyl halides is 2. The summed E-state index contributed by atoms with van der Waals surface area (Å²) in [5.74, 6) is -0.0855. The molecule has 1 saturated heterocycles. The van der Waals surface area contributed by atoms with Gasteiger partial charge in [-0.25, -0.2) is 8.42 Å². The molecule has 1 N–H and O–H groups in total. The van der Waals surface area contributed by atoms with Gasteiger partial charge in [-0.1, -0.05) is 19.1 Å². The number of benzene rings is 1. The van der Waals surface area contributed by atoms with Crippen LogP contribution in [0.3, 0.4) is 0 Å². The fraction of sp³-hybridized carbons (Fsp3) is 0.562. The molecule has 0 bridgehead atoms. The molecule has 140 valence electrons. The maximum atomic E-state index is 12.3. The van der Waals surface area contributed by atoms with E-state index in [1.165, 1.54) is 12.1 Å². The number of amides is 1. The largest absolute Gasteiger partial charge is 0.435 e. The molecule has 1 aromatic rings. The van der Waals surface area contributed by atoms with Crippen LogP contribution in [-0.2, 0) is 21.2 Å². The third kappa shape index (κ3) is 6.58. The van der Waals surface area contributed by atoms with Gasteiger partial charge in [-0.3, -0.25) is 9.69 Å². The van der Waals surface area contributed by atoms with E-state index in [1.807, 2.05) is 11.8 Å². The maximum absolute atomic E-state index is 12.3. The van der Waals surface area contributed by atoms with Crippen molar-refractivity contribution in [2.75, 3.05) is 24.6 Å². The Balaban J connectivity index is 1.88. The zero-order valence-electron chi connectivity index (χ0n) is 14.0. The van der Waals surface area contributed by atoms with Gasteiger partial charge in [0.05, 0.1) is 18.1 Å². The van der Waals surface area contributed by atoms with Gasteiger partial charge >= 0.3 is 6.61 Å². The van der Waals surface area contributed by atoms with Gasteiger partial charge in [0, 0.05) is 12.6 Å². The molecule has 1 atom stereocenters. The molecule has 0 saturated carbocycles. The highest BCUT2D eigenvalue weighted by atomic mass is 32.2. The van der Waals surface area contributed by atoms with Crippen LogP contribution < -0.4 is 10.1 Å². The van der Waals surface area contributed by atoms with Gasteiger partial charge in [0.2, 0.25) is 5.91 Å². The van der Waals surface area contributed by atoms with Crippen molar-refractivity contribution in [1.29, 1.82) is 0 Å². The summed E-state index contributed by atoms with van der Waals surface area (Å²) in [6.07, 6.45) is 0.438. The van der Waals surface area contributed by atoms with Gasteiger partial charge in [-0.15, -0.1) is 0 Å². The SMILES string of the molecule is CCN(CC(=O)NC1CCS(=O)(=O)C1)Cc1cccc(OC(F)F)c1. The Morgan fingerprint density at radius 2 is 2.20 bits per heavy atom. The number of carbonyl (C=O) groups is 1. The average Bonchev–Trinajstić information content (AvgIpc) is 2.85. The van der Waals surface area contributed by atoms with Crippen molar-refractivity contribution >= 4 is 15.7 Å². The van der Waals surface area contributed by atoms with Gasteiger partial charge in [-0.2, -0.15) is 8.78 Å². The van der Waals surface area contributed by atoms with E-state index in [0.29, 0.717) is 19.5 Å². The Bertz CT molecular complexity index is 697. The summed E-state index contributed by atoms with van der Waals surface area (Å²) in [5, 5.41) is 2.74. The Morgan fingerprint density at radius 1 is 1.44 bits per heavy atom. The van der Waals surface area contributed by atoms with Crippen LogP contribution in [-0.4, -0.2) is 56.5 Å². The zero-order valence-corrected chi connectivity index (χ0v) is 14.8. The zero-order chi connectivity index (χ0) is 18.4. The monoisotopic (exact) mass is 376 g/mol. The van der Waals surface area contributed by atoms with Crippen molar-refractivity contribution < 1.29 is 26.7 Å². The number of halogens is 2. The van der Waals surface area contributed by atoms with Crippen molar-refractivity contribution in [3.05, 3.63) is 29.8 Å². The molecule has 1 amide bonds. The number of carbonyl (C=O) groups excluding carboxylic acids is 1. The van der Waals surface area contributed by atoms with Crippen molar-refractivity contribution in [2.45, 2.75) is 32.5 Å². The fourth-order valence-electron chi connectivity index (χ4n) is 2.74. The van der Waals surface area contributed by atoms with E-state index in [9.17, 15) is 22.0 Å². The highest BCUT2D eigenvalue weighted by Gasteiger charge is 2.29. The number of nitrogens with one attached hydrogen (secondary N) is 1. The molecule has 0 radical (unpaired) electrons. The van der Waals surface area contributed by atoms with Crippen LogP contribution in [0.5, 0.6) is 5.75 Å². The van der Waals surface area contributed by atoms with Crippen LogP contribution in [0.1, 0.15) is 18.9 Å². The minimum Gasteiger partial charge on any atom is -0.435 e. The number of hydrogen-bond donors (Lipinski definition) is 1. The second kappa shape index (κ2) is 8.57. The van der Waals surface area contributed by atoms with Gasteiger partial charge in [-0.05, 0) is 30.7 Å². The number of rotatable bonds is 8. The van der Waals surface area contributed by atoms with Gasteiger partial charge in [0.25, 0.3) is 0 Å². The molecule has 1 unspecified atom stereocenters. The average molecular weight is 376 g/mol. The first-order valence-electron chi connectivity index (χ1n) is 8.03. The third-order valence-electron chi connectivity index (χ3n) is 3.94. The van der Waals surface area contributed by atoms with E-state index < -0.39 is 16.4 Å². The Labute approximate surface area is 146 Å². The Morgan fingerprint density at radius 3 is 2.80 bits per heavy atom. The highest BCUT2D eigenvalue weighted by molar-refractivity contribution is 7.91. The normalized spacial score (nSPS) is 19.3. The van der Waals surface area contributed by atoms with Crippen LogP contribution in [0, 0.1) is 0 Å². The summed E-state index contributed by atoms with van der Waals surface area (Å²) in [5.41, 5.74) is 0.747. The van der Waals surface area contributed by atoms with Crippen LogP contribution in [0.2, 0.25) is 0 Å². The summed E-state index contributed by atoms with van der Waals surface area (Å²) in [6.45, 7) is 0.0784. The van der Waals surface area contributed by atoms with Crippen molar-refractivity contribution in [1.82, 2.24) is 10.2 Å². The molecule has 1 aromatic carbocycles. The van der Waals surface area contributed by atoms with E-state index in [4.69, 9.17) is 0 Å². The van der Waals surface area contributed by atoms with Crippen LogP contribution in [0.25, 0.3) is 0 Å².